The smallest absolute Gasteiger partial charge is 0.252 e. The fourth-order valence-electron chi connectivity index (χ4n) is 2.76. The summed E-state index contributed by atoms with van der Waals surface area (Å²) in [5, 5.41) is 2.86. The van der Waals surface area contributed by atoms with Crippen molar-refractivity contribution in [2.45, 2.75) is 13.0 Å². The number of rotatable bonds is 7. The van der Waals surface area contributed by atoms with Gasteiger partial charge in [-0.05, 0) is 41.8 Å². The van der Waals surface area contributed by atoms with Crippen molar-refractivity contribution in [3.63, 3.8) is 0 Å². The number of hydrogen-bond donors (Lipinski definition) is 1. The first-order valence-corrected chi connectivity index (χ1v) is 8.85. The minimum atomic E-state index is -0.258. The molecule has 5 heteroatoms. The molecule has 1 heterocycles. The van der Waals surface area contributed by atoms with Crippen LogP contribution < -0.4 is 10.2 Å². The number of aromatic nitrogens is 1. The van der Waals surface area contributed by atoms with Crippen LogP contribution in [0.5, 0.6) is 0 Å². The van der Waals surface area contributed by atoms with Gasteiger partial charge in [-0.2, -0.15) is 0 Å². The summed E-state index contributed by atoms with van der Waals surface area (Å²) in [4.78, 5) is 18.7. The maximum Gasteiger partial charge on any atom is 0.252 e. The molecule has 0 aliphatic carbocycles. The molecule has 4 nitrogen and oxygen atoms in total. The average Bonchev–Trinajstić information content (AvgIpc) is 2.70. The first-order valence-electron chi connectivity index (χ1n) is 8.85. The summed E-state index contributed by atoms with van der Waals surface area (Å²) >= 11 is 0. The van der Waals surface area contributed by atoms with Crippen molar-refractivity contribution in [3.8, 4) is 0 Å². The lowest BCUT2D eigenvalue weighted by Gasteiger charge is -2.18. The lowest BCUT2D eigenvalue weighted by atomic mass is 10.1. The van der Waals surface area contributed by atoms with Crippen LogP contribution in [0.15, 0.2) is 72.9 Å². The molecule has 1 N–H and O–H groups in total. The maximum absolute atomic E-state index is 12.9. The molecule has 1 amide bonds. The van der Waals surface area contributed by atoms with Crippen LogP contribution in [0, 0.1) is 5.82 Å². The van der Waals surface area contributed by atoms with Gasteiger partial charge in [-0.1, -0.05) is 42.5 Å². The number of halogens is 1. The van der Waals surface area contributed by atoms with E-state index in [1.807, 2.05) is 36.2 Å². The number of carbonyl (C=O) groups excluding carboxylic acids is 1. The van der Waals surface area contributed by atoms with Crippen LogP contribution in [-0.4, -0.2) is 24.5 Å². The molecule has 0 aliphatic heterocycles. The molecule has 0 unspecified atom stereocenters. The lowest BCUT2D eigenvalue weighted by Crippen LogP contribution is -2.26. The van der Waals surface area contributed by atoms with E-state index in [0.29, 0.717) is 18.5 Å². The van der Waals surface area contributed by atoms with E-state index in [2.05, 4.69) is 22.4 Å². The monoisotopic (exact) mass is 363 g/mol. The highest BCUT2D eigenvalue weighted by atomic mass is 19.1. The molecule has 0 radical (unpaired) electrons. The highest BCUT2D eigenvalue weighted by Crippen LogP contribution is 2.13. The first kappa shape index (κ1) is 18.6. The van der Waals surface area contributed by atoms with Crippen LogP contribution in [0.3, 0.4) is 0 Å². The van der Waals surface area contributed by atoms with Crippen molar-refractivity contribution in [1.29, 1.82) is 0 Å². The Morgan fingerprint density at radius 1 is 1.00 bits per heavy atom. The predicted molar refractivity (Wildman–Crippen MR) is 105 cm³/mol. The number of amides is 1. The number of nitrogens with one attached hydrogen (secondary N) is 1. The first-order chi connectivity index (χ1) is 13.1. The van der Waals surface area contributed by atoms with E-state index in [4.69, 9.17) is 0 Å². The Kier molecular flexibility index (Phi) is 6.15. The Bertz CT molecular complexity index is 864. The zero-order chi connectivity index (χ0) is 19.1. The summed E-state index contributed by atoms with van der Waals surface area (Å²) in [7, 11) is 1.97. The SMILES string of the molecule is CN(Cc1ccccc1)c1ccc(C(=O)NCCc2ccc(F)cc2)cn1. The molecule has 0 bridgehead atoms. The van der Waals surface area contributed by atoms with E-state index < -0.39 is 0 Å². The van der Waals surface area contributed by atoms with Gasteiger partial charge in [-0.25, -0.2) is 9.37 Å². The molecule has 1 aromatic heterocycles. The second-order valence-electron chi connectivity index (χ2n) is 6.38. The van der Waals surface area contributed by atoms with Gasteiger partial charge in [0.25, 0.3) is 5.91 Å². The van der Waals surface area contributed by atoms with Crippen LogP contribution >= 0.6 is 0 Å². The lowest BCUT2D eigenvalue weighted by molar-refractivity contribution is 0.0954. The van der Waals surface area contributed by atoms with E-state index in [9.17, 15) is 9.18 Å². The van der Waals surface area contributed by atoms with E-state index in [1.54, 1.807) is 24.4 Å². The third kappa shape index (κ3) is 5.38. The minimum absolute atomic E-state index is 0.165. The highest BCUT2D eigenvalue weighted by molar-refractivity contribution is 5.94. The zero-order valence-electron chi connectivity index (χ0n) is 15.2. The maximum atomic E-state index is 12.9. The number of carbonyl (C=O) groups is 1. The number of anilines is 1. The van der Waals surface area contributed by atoms with Gasteiger partial charge >= 0.3 is 0 Å². The van der Waals surface area contributed by atoms with Crippen molar-refractivity contribution >= 4 is 11.7 Å². The minimum Gasteiger partial charge on any atom is -0.355 e. The van der Waals surface area contributed by atoms with Crippen LogP contribution in [0.25, 0.3) is 0 Å². The quantitative estimate of drug-likeness (QED) is 0.694. The average molecular weight is 363 g/mol. The third-order valence-corrected chi connectivity index (χ3v) is 4.28. The van der Waals surface area contributed by atoms with Gasteiger partial charge < -0.3 is 10.2 Å². The molecule has 0 saturated heterocycles. The van der Waals surface area contributed by atoms with Crippen LogP contribution in [0.2, 0.25) is 0 Å². The van der Waals surface area contributed by atoms with Crippen molar-refractivity contribution in [3.05, 3.63) is 95.4 Å². The molecule has 27 heavy (non-hydrogen) atoms. The van der Waals surface area contributed by atoms with Gasteiger partial charge in [0.1, 0.15) is 11.6 Å². The van der Waals surface area contributed by atoms with Gasteiger partial charge in [0.15, 0.2) is 0 Å². The predicted octanol–water partition coefficient (Wildman–Crippen LogP) is 3.83. The van der Waals surface area contributed by atoms with Gasteiger partial charge in [0.2, 0.25) is 0 Å². The van der Waals surface area contributed by atoms with Crippen molar-refractivity contribution < 1.29 is 9.18 Å². The largest absolute Gasteiger partial charge is 0.355 e. The van der Waals surface area contributed by atoms with Gasteiger partial charge in [0, 0.05) is 26.3 Å². The Labute approximate surface area is 158 Å². The molecule has 0 aliphatic rings. The van der Waals surface area contributed by atoms with Gasteiger partial charge in [-0.3, -0.25) is 4.79 Å². The molecule has 2 aromatic carbocycles. The molecule has 3 aromatic rings. The standard InChI is InChI=1S/C22H22FN3O/c1-26(16-18-5-3-2-4-6-18)21-12-9-19(15-25-21)22(27)24-14-13-17-7-10-20(23)11-8-17/h2-12,15H,13-14,16H2,1H3,(H,24,27). The molecule has 3 rings (SSSR count). The second-order valence-corrected chi connectivity index (χ2v) is 6.38. The molecule has 0 spiro atoms. The number of benzene rings is 2. The van der Waals surface area contributed by atoms with E-state index in [0.717, 1.165) is 17.9 Å². The normalized spacial score (nSPS) is 10.4. The zero-order valence-corrected chi connectivity index (χ0v) is 15.2. The third-order valence-electron chi connectivity index (χ3n) is 4.28. The molecule has 0 saturated carbocycles. The molecule has 138 valence electrons. The molecular weight excluding hydrogens is 341 g/mol. The summed E-state index contributed by atoms with van der Waals surface area (Å²) in [6.07, 6.45) is 2.24. The van der Waals surface area contributed by atoms with Gasteiger partial charge in [0.05, 0.1) is 5.56 Å². The van der Waals surface area contributed by atoms with Crippen molar-refractivity contribution in [1.82, 2.24) is 10.3 Å². The van der Waals surface area contributed by atoms with E-state index in [-0.39, 0.29) is 11.7 Å². The van der Waals surface area contributed by atoms with Crippen LogP contribution in [-0.2, 0) is 13.0 Å². The number of pyridine rings is 1. The van der Waals surface area contributed by atoms with Crippen LogP contribution in [0.4, 0.5) is 10.2 Å². The van der Waals surface area contributed by atoms with Crippen molar-refractivity contribution in [2.24, 2.45) is 0 Å². The molecule has 0 atom stereocenters. The fraction of sp³-hybridized carbons (Fsp3) is 0.182. The topological polar surface area (TPSA) is 45.2 Å². The Hall–Kier alpha value is -3.21. The number of hydrogen-bond acceptors (Lipinski definition) is 3. The summed E-state index contributed by atoms with van der Waals surface area (Å²) < 4.78 is 12.9. The molecular formula is C22H22FN3O. The second kappa shape index (κ2) is 8.94. The Morgan fingerprint density at radius 2 is 1.74 bits per heavy atom. The van der Waals surface area contributed by atoms with Gasteiger partial charge in [-0.15, -0.1) is 0 Å². The Morgan fingerprint density at radius 3 is 2.41 bits per heavy atom. The summed E-state index contributed by atoms with van der Waals surface area (Å²) in [6, 6.07) is 20.1. The van der Waals surface area contributed by atoms with Crippen molar-refractivity contribution in [2.75, 3.05) is 18.5 Å². The van der Waals surface area contributed by atoms with E-state index >= 15 is 0 Å². The molecule has 0 fully saturated rings. The summed E-state index contributed by atoms with van der Waals surface area (Å²) in [5.41, 5.74) is 2.70. The fourth-order valence-corrected chi connectivity index (χ4v) is 2.76. The number of nitrogens with zero attached hydrogens (tertiary/aromatic N) is 2. The summed E-state index contributed by atoms with van der Waals surface area (Å²) in [6.45, 7) is 1.23. The van der Waals surface area contributed by atoms with E-state index in [1.165, 1.54) is 17.7 Å². The highest BCUT2D eigenvalue weighted by Gasteiger charge is 2.08. The van der Waals surface area contributed by atoms with Crippen LogP contribution in [0.1, 0.15) is 21.5 Å². The summed E-state index contributed by atoms with van der Waals surface area (Å²) in [5.74, 6) is 0.384. The Balaban J connectivity index is 1.51.